The zero-order valence-corrected chi connectivity index (χ0v) is 9.27. The molecule has 2 aromatic carbocycles. The Kier molecular flexibility index (Phi) is 3.50. The lowest BCUT2D eigenvalue weighted by Crippen LogP contribution is -2.16. The molecular weight excluding hydrogens is 214 g/mol. The Morgan fingerprint density at radius 2 is 1.88 bits per heavy atom. The van der Waals surface area contributed by atoms with Crippen molar-refractivity contribution < 1.29 is 9.59 Å². The van der Waals surface area contributed by atoms with Crippen LogP contribution in [-0.2, 0) is 4.79 Å². The minimum Gasteiger partial charge on any atom is -0.347 e. The third kappa shape index (κ3) is 2.50. The summed E-state index contributed by atoms with van der Waals surface area (Å²) in [5.41, 5.74) is 0.704. The normalized spacial score (nSPS) is 10.1. The van der Waals surface area contributed by atoms with E-state index in [0.717, 1.165) is 10.8 Å². The van der Waals surface area contributed by atoms with E-state index in [9.17, 15) is 9.59 Å². The van der Waals surface area contributed by atoms with E-state index < -0.39 is 0 Å². The number of fused-ring (bicyclic) bond motifs is 1. The maximum absolute atomic E-state index is 12.0. The predicted molar refractivity (Wildman–Crippen MR) is 66.6 cm³/mol. The molecule has 1 N–H and O–H groups in total. The number of carbonyl (C=O) groups is 1. The van der Waals surface area contributed by atoms with Gasteiger partial charge in [-0.2, -0.15) is 0 Å². The summed E-state index contributed by atoms with van der Waals surface area (Å²) in [7, 11) is 0. The zero-order chi connectivity index (χ0) is 12.1. The van der Waals surface area contributed by atoms with Crippen LogP contribution in [0.25, 0.3) is 10.8 Å². The van der Waals surface area contributed by atoms with Crippen molar-refractivity contribution in [2.24, 2.45) is 0 Å². The van der Waals surface area contributed by atoms with E-state index in [1.54, 1.807) is 6.41 Å². The smallest absolute Gasteiger partial charge is 0.309 e. The van der Waals surface area contributed by atoms with Gasteiger partial charge in [-0.3, -0.25) is 9.59 Å². The van der Waals surface area contributed by atoms with Gasteiger partial charge in [-0.25, -0.2) is 0 Å². The minimum atomic E-state index is 0.0320. The van der Waals surface area contributed by atoms with Gasteiger partial charge in [0.25, 0.3) is 0 Å². The average molecular weight is 226 g/mol. The van der Waals surface area contributed by atoms with Crippen LogP contribution in [0.4, 0.5) is 0 Å². The number of carbonyl (C=O) groups excluding carboxylic acids is 2. The molecule has 1 amide bonds. The van der Waals surface area contributed by atoms with Crippen LogP contribution in [0.1, 0.15) is 16.8 Å². The number of hydrogen-bond acceptors (Lipinski definition) is 2. The first-order valence-electron chi connectivity index (χ1n) is 5.44. The highest BCUT2D eigenvalue weighted by Crippen LogP contribution is 2.19. The van der Waals surface area contributed by atoms with E-state index in [0.29, 0.717) is 18.5 Å². The molecule has 0 heterocycles. The average Bonchev–Trinajstić information content (AvgIpc) is 2.38. The number of rotatable bonds is 5. The Labute approximate surface area is 99.4 Å². The Bertz CT molecular complexity index is 543. The fourth-order valence-electron chi connectivity index (χ4n) is 1.83. The standard InChI is InChI=1S/C14H12NO2/c16-10-15-9-8-14(17)13-7-3-5-11-4-1-2-6-12(11)13/h1-7H,8-9H2,(H,15,16). The van der Waals surface area contributed by atoms with E-state index >= 15 is 0 Å². The second kappa shape index (κ2) is 5.25. The van der Waals surface area contributed by atoms with E-state index in [4.69, 9.17) is 0 Å². The van der Waals surface area contributed by atoms with Gasteiger partial charge < -0.3 is 5.32 Å². The van der Waals surface area contributed by atoms with Gasteiger partial charge in [0, 0.05) is 18.5 Å². The van der Waals surface area contributed by atoms with E-state index in [1.807, 2.05) is 42.5 Å². The molecular formula is C14H12NO2. The Balaban J connectivity index is 2.28. The van der Waals surface area contributed by atoms with Gasteiger partial charge in [0.05, 0.1) is 0 Å². The van der Waals surface area contributed by atoms with Crippen molar-refractivity contribution in [3.8, 4) is 0 Å². The summed E-state index contributed by atoms with van der Waals surface area (Å²) in [6.07, 6.45) is 1.85. The number of hydrogen-bond donors (Lipinski definition) is 1. The highest BCUT2D eigenvalue weighted by molar-refractivity contribution is 6.08. The van der Waals surface area contributed by atoms with Crippen LogP contribution in [-0.4, -0.2) is 18.7 Å². The van der Waals surface area contributed by atoms with Gasteiger partial charge in [0.15, 0.2) is 5.78 Å². The molecule has 0 saturated carbocycles. The molecule has 0 aliphatic heterocycles. The number of nitrogens with one attached hydrogen (secondary N) is 1. The molecule has 2 rings (SSSR count). The molecule has 3 nitrogen and oxygen atoms in total. The summed E-state index contributed by atoms with van der Waals surface area (Å²) < 4.78 is 0. The van der Waals surface area contributed by atoms with E-state index in [-0.39, 0.29) is 5.78 Å². The van der Waals surface area contributed by atoms with Crippen molar-refractivity contribution in [3.05, 3.63) is 48.0 Å². The summed E-state index contributed by atoms with van der Waals surface area (Å²) in [4.78, 5) is 22.0. The first-order chi connectivity index (χ1) is 8.33. The Morgan fingerprint density at radius 3 is 2.71 bits per heavy atom. The van der Waals surface area contributed by atoms with Gasteiger partial charge in [0.2, 0.25) is 0 Å². The second-order valence-electron chi connectivity index (χ2n) is 3.73. The summed E-state index contributed by atoms with van der Waals surface area (Å²) in [5.74, 6) is 0.0320. The van der Waals surface area contributed by atoms with Crippen LogP contribution in [0.15, 0.2) is 42.5 Å². The van der Waals surface area contributed by atoms with Crippen molar-refractivity contribution in [2.45, 2.75) is 6.42 Å². The first kappa shape index (κ1) is 11.3. The van der Waals surface area contributed by atoms with Crippen molar-refractivity contribution >= 4 is 23.0 Å². The predicted octanol–water partition coefficient (Wildman–Crippen LogP) is 2.07. The molecule has 85 valence electrons. The number of ketones is 1. The van der Waals surface area contributed by atoms with Crippen LogP contribution in [0, 0.1) is 0 Å². The van der Waals surface area contributed by atoms with E-state index in [1.165, 1.54) is 0 Å². The van der Waals surface area contributed by atoms with Gasteiger partial charge in [0.1, 0.15) is 0 Å². The van der Waals surface area contributed by atoms with Crippen molar-refractivity contribution in [3.63, 3.8) is 0 Å². The maximum atomic E-state index is 12.0. The monoisotopic (exact) mass is 226 g/mol. The lowest BCUT2D eigenvalue weighted by molar-refractivity contribution is 0.0985. The summed E-state index contributed by atoms with van der Waals surface area (Å²) in [6.45, 7) is 0.325. The third-order valence-corrected chi connectivity index (χ3v) is 2.64. The molecule has 17 heavy (non-hydrogen) atoms. The Hall–Kier alpha value is -2.16. The van der Waals surface area contributed by atoms with Crippen molar-refractivity contribution in [2.75, 3.05) is 6.54 Å². The maximum Gasteiger partial charge on any atom is 0.309 e. The van der Waals surface area contributed by atoms with Crippen molar-refractivity contribution in [1.29, 1.82) is 0 Å². The van der Waals surface area contributed by atoms with Crippen LogP contribution >= 0.6 is 0 Å². The van der Waals surface area contributed by atoms with Crippen molar-refractivity contribution in [1.82, 2.24) is 5.32 Å². The molecule has 2 aromatic rings. The van der Waals surface area contributed by atoms with E-state index in [2.05, 4.69) is 5.32 Å². The topological polar surface area (TPSA) is 46.2 Å². The molecule has 0 aromatic heterocycles. The van der Waals surface area contributed by atoms with Crippen LogP contribution < -0.4 is 5.32 Å². The fourth-order valence-corrected chi connectivity index (χ4v) is 1.83. The lowest BCUT2D eigenvalue weighted by Gasteiger charge is -2.05. The lowest BCUT2D eigenvalue weighted by atomic mass is 10.00. The summed E-state index contributed by atoms with van der Waals surface area (Å²) >= 11 is 0. The molecule has 0 atom stereocenters. The van der Waals surface area contributed by atoms with Gasteiger partial charge in [-0.1, -0.05) is 42.5 Å². The molecule has 0 fully saturated rings. The Morgan fingerprint density at radius 1 is 1.12 bits per heavy atom. The molecule has 1 radical (unpaired) electrons. The van der Waals surface area contributed by atoms with Gasteiger partial charge in [-0.15, -0.1) is 0 Å². The SMILES string of the molecule is O=[C]NCCC(=O)c1cccc2ccccc12. The fraction of sp³-hybridized carbons (Fsp3) is 0.143. The molecule has 0 aliphatic rings. The molecule has 0 bridgehead atoms. The van der Waals surface area contributed by atoms with Gasteiger partial charge >= 0.3 is 6.41 Å². The number of benzene rings is 2. The number of amides is 1. The minimum absolute atomic E-state index is 0.0320. The number of Topliss-reactive ketones (excluding diaryl/α,β-unsaturated/α-hetero) is 1. The molecule has 0 unspecified atom stereocenters. The molecule has 0 saturated heterocycles. The molecule has 0 spiro atoms. The summed E-state index contributed by atoms with van der Waals surface area (Å²) in [6, 6.07) is 13.4. The van der Waals surface area contributed by atoms with Crippen LogP contribution in [0.5, 0.6) is 0 Å². The highest BCUT2D eigenvalue weighted by Gasteiger charge is 2.08. The first-order valence-corrected chi connectivity index (χ1v) is 5.44. The highest BCUT2D eigenvalue weighted by atomic mass is 16.1. The van der Waals surface area contributed by atoms with Crippen LogP contribution in [0.2, 0.25) is 0 Å². The summed E-state index contributed by atoms with van der Waals surface area (Å²) in [5, 5.41) is 4.37. The second-order valence-corrected chi connectivity index (χ2v) is 3.73. The molecule has 3 heteroatoms. The quantitative estimate of drug-likeness (QED) is 0.482. The zero-order valence-electron chi connectivity index (χ0n) is 9.27. The van der Waals surface area contributed by atoms with Gasteiger partial charge in [-0.05, 0) is 10.8 Å². The van der Waals surface area contributed by atoms with Crippen LogP contribution in [0.3, 0.4) is 0 Å². The molecule has 0 aliphatic carbocycles. The largest absolute Gasteiger partial charge is 0.347 e. The third-order valence-electron chi connectivity index (χ3n) is 2.64.